The predicted molar refractivity (Wildman–Crippen MR) is 75.5 cm³/mol. The van der Waals surface area contributed by atoms with Crippen molar-refractivity contribution < 1.29 is 23.8 Å². The molecule has 1 N–H and O–H groups in total. The molecule has 0 spiro atoms. The van der Waals surface area contributed by atoms with Crippen molar-refractivity contribution in [1.82, 2.24) is 5.32 Å². The van der Waals surface area contributed by atoms with Gasteiger partial charge in [-0.05, 0) is 23.8 Å². The van der Waals surface area contributed by atoms with Gasteiger partial charge in [0.15, 0.2) is 0 Å². The third-order valence-corrected chi connectivity index (χ3v) is 2.75. The van der Waals surface area contributed by atoms with Crippen molar-refractivity contribution in [2.45, 2.75) is 13.0 Å². The summed E-state index contributed by atoms with van der Waals surface area (Å²) in [7, 11) is 1.26. The molecule has 1 aromatic rings. The van der Waals surface area contributed by atoms with E-state index in [9.17, 15) is 9.59 Å². The van der Waals surface area contributed by atoms with Crippen molar-refractivity contribution >= 4 is 18.0 Å². The lowest BCUT2D eigenvalue weighted by molar-refractivity contribution is -0.137. The van der Waals surface area contributed by atoms with E-state index in [1.54, 1.807) is 30.3 Å². The number of esters is 1. The van der Waals surface area contributed by atoms with E-state index in [0.29, 0.717) is 6.61 Å². The summed E-state index contributed by atoms with van der Waals surface area (Å²) in [4.78, 5) is 22.6. The van der Waals surface area contributed by atoms with Crippen molar-refractivity contribution in [2.75, 3.05) is 20.3 Å². The molecule has 0 bridgehead atoms. The van der Waals surface area contributed by atoms with E-state index in [1.807, 2.05) is 0 Å². The first-order valence-electron chi connectivity index (χ1n) is 6.50. The van der Waals surface area contributed by atoms with Gasteiger partial charge in [-0.15, -0.1) is 0 Å². The first-order chi connectivity index (χ1) is 10.1. The molecule has 1 heterocycles. The molecule has 0 saturated carbocycles. The average Bonchev–Trinajstić information content (AvgIpc) is 3.28. The highest BCUT2D eigenvalue weighted by Gasteiger charge is 2.22. The van der Waals surface area contributed by atoms with Gasteiger partial charge in [-0.2, -0.15) is 0 Å². The number of amides is 1. The molecular formula is C15H17NO5. The van der Waals surface area contributed by atoms with Gasteiger partial charge in [-0.25, -0.2) is 4.79 Å². The Bertz CT molecular complexity index is 546. The summed E-state index contributed by atoms with van der Waals surface area (Å²) < 4.78 is 15.2. The summed E-state index contributed by atoms with van der Waals surface area (Å²) in [6, 6.07) is 7.15. The maximum atomic E-state index is 11.6. The fourth-order valence-corrected chi connectivity index (χ4v) is 1.63. The molecule has 2 rings (SSSR count). The number of nitrogens with one attached hydrogen (secondary N) is 1. The molecule has 1 aliphatic heterocycles. The second-order valence-electron chi connectivity index (χ2n) is 4.57. The number of carbonyl (C=O) groups excluding carboxylic acids is 2. The molecule has 6 heteroatoms. The van der Waals surface area contributed by atoms with Crippen LogP contribution in [0.3, 0.4) is 0 Å². The Morgan fingerprint density at radius 2 is 2.05 bits per heavy atom. The van der Waals surface area contributed by atoms with Crippen LogP contribution in [0.2, 0.25) is 0 Å². The standard InChI is InChI=1S/C15H17NO5/c1-10(17)16-14(15(18)19-2)7-11-3-5-12(6-4-11)20-8-13-9-21-13/h3-7,13H,8-9H2,1-2H3,(H,16,17)/b14-7+. The summed E-state index contributed by atoms with van der Waals surface area (Å²) in [6.45, 7) is 2.61. The molecule has 6 nitrogen and oxygen atoms in total. The quantitative estimate of drug-likeness (QED) is 0.483. The van der Waals surface area contributed by atoms with E-state index >= 15 is 0 Å². The van der Waals surface area contributed by atoms with Gasteiger partial charge in [0.2, 0.25) is 5.91 Å². The Hall–Kier alpha value is -2.34. The van der Waals surface area contributed by atoms with Crippen LogP contribution >= 0.6 is 0 Å². The molecule has 1 aromatic carbocycles. The fraction of sp³-hybridized carbons (Fsp3) is 0.333. The second-order valence-corrected chi connectivity index (χ2v) is 4.57. The Morgan fingerprint density at radius 1 is 1.38 bits per heavy atom. The van der Waals surface area contributed by atoms with E-state index < -0.39 is 5.97 Å². The lowest BCUT2D eigenvalue weighted by Gasteiger charge is -2.07. The monoisotopic (exact) mass is 291 g/mol. The summed E-state index contributed by atoms with van der Waals surface area (Å²) in [5, 5.41) is 2.44. The zero-order valence-electron chi connectivity index (χ0n) is 11.9. The Kier molecular flexibility index (Phi) is 4.94. The largest absolute Gasteiger partial charge is 0.491 e. The molecule has 1 fully saturated rings. The predicted octanol–water partition coefficient (Wildman–Crippen LogP) is 1.11. The molecule has 1 aliphatic rings. The Morgan fingerprint density at radius 3 is 2.57 bits per heavy atom. The molecular weight excluding hydrogens is 274 g/mol. The van der Waals surface area contributed by atoms with Crippen LogP contribution < -0.4 is 10.1 Å². The van der Waals surface area contributed by atoms with Crippen LogP contribution in [0, 0.1) is 0 Å². The highest BCUT2D eigenvalue weighted by molar-refractivity contribution is 5.97. The van der Waals surface area contributed by atoms with Gasteiger partial charge in [0, 0.05) is 6.92 Å². The normalized spacial score (nSPS) is 17.0. The lowest BCUT2D eigenvalue weighted by atomic mass is 10.2. The van der Waals surface area contributed by atoms with E-state index in [-0.39, 0.29) is 17.7 Å². The van der Waals surface area contributed by atoms with Crippen LogP contribution in [0.25, 0.3) is 6.08 Å². The summed E-state index contributed by atoms with van der Waals surface area (Å²) in [5.74, 6) is -0.214. The van der Waals surface area contributed by atoms with Gasteiger partial charge < -0.3 is 19.5 Å². The van der Waals surface area contributed by atoms with Crippen LogP contribution in [0.15, 0.2) is 30.0 Å². The summed E-state index contributed by atoms with van der Waals surface area (Å²) in [5.41, 5.74) is 0.837. The Labute approximate surface area is 122 Å². The van der Waals surface area contributed by atoms with Crippen molar-refractivity contribution in [3.8, 4) is 5.75 Å². The van der Waals surface area contributed by atoms with Crippen molar-refractivity contribution in [1.29, 1.82) is 0 Å². The number of carbonyl (C=O) groups is 2. The fourth-order valence-electron chi connectivity index (χ4n) is 1.63. The molecule has 0 aromatic heterocycles. The maximum absolute atomic E-state index is 11.6. The number of ether oxygens (including phenoxy) is 3. The highest BCUT2D eigenvalue weighted by Crippen LogP contribution is 2.17. The van der Waals surface area contributed by atoms with Gasteiger partial charge in [-0.1, -0.05) is 12.1 Å². The number of epoxide rings is 1. The van der Waals surface area contributed by atoms with Crippen LogP contribution in [0.1, 0.15) is 12.5 Å². The van der Waals surface area contributed by atoms with Crippen molar-refractivity contribution in [3.63, 3.8) is 0 Å². The molecule has 21 heavy (non-hydrogen) atoms. The van der Waals surface area contributed by atoms with Crippen molar-refractivity contribution in [3.05, 3.63) is 35.5 Å². The minimum absolute atomic E-state index is 0.0880. The van der Waals surface area contributed by atoms with Crippen molar-refractivity contribution in [2.24, 2.45) is 0 Å². The van der Waals surface area contributed by atoms with Crippen LogP contribution in [0.5, 0.6) is 5.75 Å². The molecule has 112 valence electrons. The second kappa shape index (κ2) is 6.90. The van der Waals surface area contributed by atoms with E-state index in [2.05, 4.69) is 10.1 Å². The minimum atomic E-state index is -0.601. The minimum Gasteiger partial charge on any atom is -0.491 e. The topological polar surface area (TPSA) is 77.2 Å². The van der Waals surface area contributed by atoms with Crippen LogP contribution in [-0.2, 0) is 19.1 Å². The number of rotatable bonds is 6. The first-order valence-corrected chi connectivity index (χ1v) is 6.50. The number of hydrogen-bond acceptors (Lipinski definition) is 5. The third-order valence-electron chi connectivity index (χ3n) is 2.75. The van der Waals surface area contributed by atoms with Gasteiger partial charge in [-0.3, -0.25) is 4.79 Å². The average molecular weight is 291 g/mol. The molecule has 1 unspecified atom stereocenters. The smallest absolute Gasteiger partial charge is 0.354 e. The maximum Gasteiger partial charge on any atom is 0.354 e. The summed E-state index contributed by atoms with van der Waals surface area (Å²) in [6.07, 6.45) is 1.75. The van der Waals surface area contributed by atoms with Crippen LogP contribution in [0.4, 0.5) is 0 Å². The van der Waals surface area contributed by atoms with Gasteiger partial charge in [0.25, 0.3) is 0 Å². The van der Waals surface area contributed by atoms with Gasteiger partial charge in [0.05, 0.1) is 13.7 Å². The van der Waals surface area contributed by atoms with Gasteiger partial charge in [0.1, 0.15) is 24.2 Å². The summed E-state index contributed by atoms with van der Waals surface area (Å²) >= 11 is 0. The van der Waals surface area contributed by atoms with Crippen LogP contribution in [-0.4, -0.2) is 38.3 Å². The zero-order chi connectivity index (χ0) is 15.2. The van der Waals surface area contributed by atoms with E-state index in [4.69, 9.17) is 9.47 Å². The molecule has 0 radical (unpaired) electrons. The SMILES string of the molecule is COC(=O)/C(=C\c1ccc(OCC2CO2)cc1)NC(C)=O. The number of methoxy groups -OCH3 is 1. The number of hydrogen-bond donors (Lipinski definition) is 1. The number of benzene rings is 1. The van der Waals surface area contributed by atoms with Gasteiger partial charge >= 0.3 is 5.97 Å². The molecule has 0 aliphatic carbocycles. The zero-order valence-corrected chi connectivity index (χ0v) is 11.9. The third kappa shape index (κ3) is 4.92. The van der Waals surface area contributed by atoms with E-state index in [0.717, 1.165) is 17.9 Å². The molecule has 1 saturated heterocycles. The Balaban J connectivity index is 2.05. The molecule has 1 atom stereocenters. The molecule has 1 amide bonds. The first kappa shape index (κ1) is 15.1. The highest BCUT2D eigenvalue weighted by atomic mass is 16.6. The van der Waals surface area contributed by atoms with E-state index in [1.165, 1.54) is 14.0 Å². The lowest BCUT2D eigenvalue weighted by Crippen LogP contribution is -2.25.